The van der Waals surface area contributed by atoms with Gasteiger partial charge in [0.2, 0.25) is 5.89 Å². The van der Waals surface area contributed by atoms with Gasteiger partial charge in [0.25, 0.3) is 17.3 Å². The molecule has 11 heteroatoms. The van der Waals surface area contributed by atoms with E-state index >= 15 is 0 Å². The van der Waals surface area contributed by atoms with Crippen LogP contribution in [0.2, 0.25) is 0 Å². The minimum atomic E-state index is -0.797. The molecule has 0 atom stereocenters. The fourth-order valence-electron chi connectivity index (χ4n) is 2.90. The number of aromatic nitrogens is 1. The molecular formula is C20H11BrN4O6. The molecule has 0 fully saturated rings. The maximum absolute atomic E-state index is 12.6. The number of nitro groups is 2. The van der Waals surface area contributed by atoms with Gasteiger partial charge in [-0.1, -0.05) is 12.1 Å². The Hall–Kier alpha value is -4.12. The van der Waals surface area contributed by atoms with E-state index < -0.39 is 27.1 Å². The number of nitro benzene ring substituents is 2. The average Bonchev–Trinajstić information content (AvgIpc) is 3.16. The van der Waals surface area contributed by atoms with Gasteiger partial charge in [-0.3, -0.25) is 25.0 Å². The minimum absolute atomic E-state index is 0.213. The van der Waals surface area contributed by atoms with E-state index in [0.29, 0.717) is 22.7 Å². The minimum Gasteiger partial charge on any atom is -0.436 e. The van der Waals surface area contributed by atoms with E-state index in [2.05, 4.69) is 26.2 Å². The van der Waals surface area contributed by atoms with Crippen LogP contribution in [0.15, 0.2) is 69.6 Å². The van der Waals surface area contributed by atoms with Crippen LogP contribution in [0.5, 0.6) is 0 Å². The third-order valence-electron chi connectivity index (χ3n) is 4.34. The van der Waals surface area contributed by atoms with E-state index in [1.807, 2.05) is 24.3 Å². The molecule has 4 rings (SSSR count). The van der Waals surface area contributed by atoms with Gasteiger partial charge in [-0.15, -0.1) is 0 Å². The van der Waals surface area contributed by atoms with Gasteiger partial charge in [-0.2, -0.15) is 0 Å². The smallest absolute Gasteiger partial charge is 0.277 e. The van der Waals surface area contributed by atoms with E-state index in [9.17, 15) is 25.0 Å². The number of oxazole rings is 1. The van der Waals surface area contributed by atoms with Crippen molar-refractivity contribution in [1.29, 1.82) is 0 Å². The molecule has 4 aromatic rings. The summed E-state index contributed by atoms with van der Waals surface area (Å²) in [5.74, 6) is -0.346. The van der Waals surface area contributed by atoms with Gasteiger partial charge in [-0.05, 0) is 46.3 Å². The van der Waals surface area contributed by atoms with Crippen molar-refractivity contribution in [2.75, 3.05) is 5.32 Å². The van der Waals surface area contributed by atoms with E-state index in [4.69, 9.17) is 4.42 Å². The fraction of sp³-hybridized carbons (Fsp3) is 0. The number of carbonyl (C=O) groups excluding carboxylic acids is 1. The summed E-state index contributed by atoms with van der Waals surface area (Å²) in [7, 11) is 0. The Morgan fingerprint density at radius 3 is 2.29 bits per heavy atom. The number of anilines is 1. The van der Waals surface area contributed by atoms with Gasteiger partial charge in [0.1, 0.15) is 5.52 Å². The summed E-state index contributed by atoms with van der Waals surface area (Å²) in [6.07, 6.45) is 0. The van der Waals surface area contributed by atoms with E-state index in [1.165, 1.54) is 0 Å². The summed E-state index contributed by atoms with van der Waals surface area (Å²) in [6, 6.07) is 14.9. The third kappa shape index (κ3) is 4.12. The third-order valence-corrected chi connectivity index (χ3v) is 5.03. The molecule has 0 bridgehead atoms. The Kier molecular flexibility index (Phi) is 5.17. The van der Waals surface area contributed by atoms with Crippen LogP contribution in [-0.4, -0.2) is 20.7 Å². The molecule has 31 heavy (non-hydrogen) atoms. The summed E-state index contributed by atoms with van der Waals surface area (Å²) in [6.45, 7) is 0. The highest BCUT2D eigenvalue weighted by molar-refractivity contribution is 9.10. The second-order valence-corrected chi connectivity index (χ2v) is 7.24. The highest BCUT2D eigenvalue weighted by Gasteiger charge is 2.20. The normalized spacial score (nSPS) is 10.7. The molecule has 1 amide bonds. The number of rotatable bonds is 5. The summed E-state index contributed by atoms with van der Waals surface area (Å²) in [5.41, 5.74) is 0.763. The van der Waals surface area contributed by atoms with Crippen LogP contribution in [-0.2, 0) is 0 Å². The van der Waals surface area contributed by atoms with E-state index in [1.54, 1.807) is 18.2 Å². The molecule has 0 radical (unpaired) electrons. The molecule has 1 N–H and O–H groups in total. The van der Waals surface area contributed by atoms with Gasteiger partial charge in [-0.25, -0.2) is 4.98 Å². The van der Waals surface area contributed by atoms with Crippen LogP contribution >= 0.6 is 15.9 Å². The first-order valence-corrected chi connectivity index (χ1v) is 9.52. The molecule has 1 heterocycles. The standard InChI is InChI=1S/C20H11BrN4O6/c21-16-4-2-1-3-15(16)20-23-17-9-12(5-6-18(17)31-20)22-19(26)11-7-13(24(27)28)10-14(8-11)25(29)30/h1-10H,(H,22,26). The lowest BCUT2D eigenvalue weighted by molar-refractivity contribution is -0.394. The molecule has 0 aliphatic heterocycles. The first-order chi connectivity index (χ1) is 14.8. The first kappa shape index (κ1) is 20.2. The maximum atomic E-state index is 12.6. The number of amides is 1. The molecule has 0 saturated carbocycles. The van der Waals surface area contributed by atoms with Crippen molar-refractivity contribution < 1.29 is 19.1 Å². The predicted molar refractivity (Wildman–Crippen MR) is 115 cm³/mol. The van der Waals surface area contributed by atoms with E-state index in [-0.39, 0.29) is 5.56 Å². The topological polar surface area (TPSA) is 141 Å². The van der Waals surface area contributed by atoms with Crippen LogP contribution in [0, 0.1) is 20.2 Å². The molecule has 10 nitrogen and oxygen atoms in total. The lowest BCUT2D eigenvalue weighted by Crippen LogP contribution is -2.12. The number of non-ortho nitro benzene ring substituents is 2. The lowest BCUT2D eigenvalue weighted by atomic mass is 10.1. The van der Waals surface area contributed by atoms with Crippen molar-refractivity contribution in [3.8, 4) is 11.5 Å². The van der Waals surface area contributed by atoms with Crippen molar-refractivity contribution in [2.24, 2.45) is 0 Å². The van der Waals surface area contributed by atoms with Crippen LogP contribution in [0.25, 0.3) is 22.6 Å². The Balaban J connectivity index is 1.64. The predicted octanol–water partition coefficient (Wildman–Crippen LogP) is 5.33. The average molecular weight is 483 g/mol. The number of benzene rings is 3. The van der Waals surface area contributed by atoms with Gasteiger partial charge < -0.3 is 9.73 Å². The second-order valence-electron chi connectivity index (χ2n) is 6.39. The largest absolute Gasteiger partial charge is 0.436 e. The molecule has 0 unspecified atom stereocenters. The molecule has 154 valence electrons. The molecular weight excluding hydrogens is 472 g/mol. The number of nitrogens with zero attached hydrogens (tertiary/aromatic N) is 3. The van der Waals surface area contributed by atoms with Crippen molar-refractivity contribution in [1.82, 2.24) is 4.98 Å². The summed E-state index contributed by atoms with van der Waals surface area (Å²) < 4.78 is 6.57. The zero-order valence-corrected chi connectivity index (χ0v) is 17.0. The fourth-order valence-corrected chi connectivity index (χ4v) is 3.35. The monoisotopic (exact) mass is 482 g/mol. The van der Waals surface area contributed by atoms with Crippen molar-refractivity contribution in [3.05, 3.63) is 90.9 Å². The highest BCUT2D eigenvalue weighted by atomic mass is 79.9. The number of halogens is 1. The van der Waals surface area contributed by atoms with Gasteiger partial charge in [0.05, 0.1) is 27.0 Å². The molecule has 1 aromatic heterocycles. The Bertz CT molecular complexity index is 1330. The number of fused-ring (bicyclic) bond motifs is 1. The molecule has 3 aromatic carbocycles. The zero-order valence-electron chi connectivity index (χ0n) is 15.4. The number of carbonyl (C=O) groups is 1. The molecule has 0 aliphatic carbocycles. The van der Waals surface area contributed by atoms with Gasteiger partial charge in [0.15, 0.2) is 5.58 Å². The van der Waals surface area contributed by atoms with E-state index in [0.717, 1.165) is 28.2 Å². The lowest BCUT2D eigenvalue weighted by Gasteiger charge is -2.05. The Morgan fingerprint density at radius 1 is 0.968 bits per heavy atom. The SMILES string of the molecule is O=C(Nc1ccc2oc(-c3ccccc3Br)nc2c1)c1cc([N+](=O)[O-])cc([N+](=O)[O-])c1. The molecule has 0 aliphatic rings. The van der Waals surface area contributed by atoms with Crippen molar-refractivity contribution >= 4 is 50.0 Å². The van der Waals surface area contributed by atoms with Crippen LogP contribution < -0.4 is 5.32 Å². The zero-order chi connectivity index (χ0) is 22.1. The Labute approximate surface area is 181 Å². The van der Waals surface area contributed by atoms with Crippen LogP contribution in [0.1, 0.15) is 10.4 Å². The van der Waals surface area contributed by atoms with Gasteiger partial charge in [0, 0.05) is 22.3 Å². The molecule has 0 saturated heterocycles. The number of hydrogen-bond acceptors (Lipinski definition) is 7. The van der Waals surface area contributed by atoms with Crippen molar-refractivity contribution in [2.45, 2.75) is 0 Å². The van der Waals surface area contributed by atoms with Crippen LogP contribution in [0.3, 0.4) is 0 Å². The summed E-state index contributed by atoms with van der Waals surface area (Å²) in [5, 5.41) is 24.6. The number of nitrogens with one attached hydrogen (secondary N) is 1. The van der Waals surface area contributed by atoms with Gasteiger partial charge >= 0.3 is 0 Å². The maximum Gasteiger partial charge on any atom is 0.277 e. The van der Waals surface area contributed by atoms with Crippen molar-refractivity contribution in [3.63, 3.8) is 0 Å². The summed E-state index contributed by atoms with van der Waals surface area (Å²) >= 11 is 3.44. The molecule has 0 spiro atoms. The quantitative estimate of drug-likeness (QED) is 0.299. The van der Waals surface area contributed by atoms with Crippen LogP contribution in [0.4, 0.5) is 17.1 Å². The number of hydrogen-bond donors (Lipinski definition) is 1. The first-order valence-electron chi connectivity index (χ1n) is 8.72. The Morgan fingerprint density at radius 2 is 1.65 bits per heavy atom. The second kappa shape index (κ2) is 7.95. The highest BCUT2D eigenvalue weighted by Crippen LogP contribution is 2.31. The summed E-state index contributed by atoms with van der Waals surface area (Å²) in [4.78, 5) is 37.5.